The fraction of sp³-hybridized carbons (Fsp3) is 0.684. The Morgan fingerprint density at radius 3 is 2.76 bits per heavy atom. The number of fused-ring (bicyclic) bond motifs is 1. The van der Waals surface area contributed by atoms with Gasteiger partial charge >= 0.3 is 6.09 Å². The number of ether oxygens (including phenoxy) is 2. The van der Waals surface area contributed by atoms with E-state index in [4.69, 9.17) is 9.47 Å². The molecular weight excluding hydrogens is 336 g/mol. The zero-order valence-electron chi connectivity index (χ0n) is 15.5. The summed E-state index contributed by atoms with van der Waals surface area (Å²) in [5.41, 5.74) is -0.436. The van der Waals surface area contributed by atoms with Crippen LogP contribution in [0.5, 0.6) is 0 Å². The van der Waals surface area contributed by atoms with Crippen LogP contribution < -0.4 is 0 Å². The molecule has 0 N–H and O–H groups in total. The molecule has 6 heteroatoms. The first kappa shape index (κ1) is 18.4. The highest BCUT2D eigenvalue weighted by Crippen LogP contribution is 2.32. The van der Waals surface area contributed by atoms with E-state index < -0.39 is 5.60 Å². The van der Waals surface area contributed by atoms with Crippen molar-refractivity contribution in [3.8, 4) is 0 Å². The molecule has 138 valence electrons. The molecule has 1 saturated heterocycles. The Bertz CT molecular complexity index is 598. The highest BCUT2D eigenvalue weighted by Gasteiger charge is 2.29. The molecule has 1 amide bonds. The Balaban J connectivity index is 1.42. The van der Waals surface area contributed by atoms with Gasteiger partial charge in [-0.1, -0.05) is 6.08 Å². The van der Waals surface area contributed by atoms with Crippen molar-refractivity contribution >= 4 is 22.9 Å². The predicted octanol–water partition coefficient (Wildman–Crippen LogP) is 4.01. The normalized spacial score (nSPS) is 26.8. The predicted molar refractivity (Wildman–Crippen MR) is 102 cm³/mol. The van der Waals surface area contributed by atoms with Gasteiger partial charge in [0.15, 0.2) is 0 Å². The number of allylic oxidation sites excluding steroid dienone is 1. The SMILES string of the molecule is CC1=N[C@H]2C=C(OCC3CCN(C(=O)OC(C)(C)C)CC3)C=C[C@H]2S1. The lowest BCUT2D eigenvalue weighted by molar-refractivity contribution is 0.0150. The van der Waals surface area contributed by atoms with Gasteiger partial charge in [-0.3, -0.25) is 4.99 Å². The van der Waals surface area contributed by atoms with Gasteiger partial charge in [0, 0.05) is 13.1 Å². The molecule has 1 aliphatic carbocycles. The topological polar surface area (TPSA) is 51.1 Å². The second kappa shape index (κ2) is 7.44. The number of hydrogen-bond acceptors (Lipinski definition) is 5. The van der Waals surface area contributed by atoms with E-state index in [0.717, 1.165) is 36.7 Å². The van der Waals surface area contributed by atoms with Crippen molar-refractivity contribution in [1.82, 2.24) is 4.90 Å². The van der Waals surface area contributed by atoms with Crippen LogP contribution in [-0.2, 0) is 9.47 Å². The lowest BCUT2D eigenvalue weighted by Gasteiger charge is -2.33. The second-order valence-electron chi connectivity index (χ2n) is 7.87. The highest BCUT2D eigenvalue weighted by molar-refractivity contribution is 8.14. The van der Waals surface area contributed by atoms with Gasteiger partial charge in [0.1, 0.15) is 11.4 Å². The van der Waals surface area contributed by atoms with Crippen molar-refractivity contribution in [2.75, 3.05) is 19.7 Å². The van der Waals surface area contributed by atoms with Gasteiger partial charge in [-0.15, -0.1) is 11.8 Å². The number of amides is 1. The van der Waals surface area contributed by atoms with E-state index in [-0.39, 0.29) is 12.1 Å². The van der Waals surface area contributed by atoms with Crippen LogP contribution in [0, 0.1) is 5.92 Å². The highest BCUT2D eigenvalue weighted by atomic mass is 32.2. The number of nitrogens with zero attached hydrogens (tertiary/aromatic N) is 2. The molecular formula is C19H28N2O3S. The van der Waals surface area contributed by atoms with E-state index in [1.807, 2.05) is 32.5 Å². The van der Waals surface area contributed by atoms with Gasteiger partial charge in [-0.05, 0) is 58.6 Å². The van der Waals surface area contributed by atoms with E-state index in [1.54, 1.807) is 4.90 Å². The van der Waals surface area contributed by atoms with Crippen LogP contribution in [-0.4, -0.2) is 52.6 Å². The van der Waals surface area contributed by atoms with E-state index in [2.05, 4.69) is 30.1 Å². The quantitative estimate of drug-likeness (QED) is 0.759. The molecule has 2 atom stereocenters. The van der Waals surface area contributed by atoms with Gasteiger partial charge in [-0.2, -0.15) is 0 Å². The first-order valence-electron chi connectivity index (χ1n) is 9.02. The molecule has 2 heterocycles. The third-order valence-electron chi connectivity index (χ3n) is 4.51. The molecule has 3 rings (SSSR count). The van der Waals surface area contributed by atoms with Crippen molar-refractivity contribution in [2.24, 2.45) is 10.9 Å². The van der Waals surface area contributed by atoms with Gasteiger partial charge in [-0.25, -0.2) is 4.79 Å². The summed E-state index contributed by atoms with van der Waals surface area (Å²) >= 11 is 1.82. The number of carbonyl (C=O) groups is 1. The third kappa shape index (κ3) is 5.03. The maximum Gasteiger partial charge on any atom is 0.410 e. The minimum Gasteiger partial charge on any atom is -0.494 e. The van der Waals surface area contributed by atoms with Crippen molar-refractivity contribution in [2.45, 2.75) is 57.4 Å². The molecule has 2 aliphatic heterocycles. The van der Waals surface area contributed by atoms with E-state index in [9.17, 15) is 4.79 Å². The minimum absolute atomic E-state index is 0.206. The molecule has 0 radical (unpaired) electrons. The van der Waals surface area contributed by atoms with Crippen LogP contribution in [0.15, 0.2) is 29.0 Å². The molecule has 0 unspecified atom stereocenters. The number of hydrogen-bond donors (Lipinski definition) is 0. The van der Waals surface area contributed by atoms with Crippen molar-refractivity contribution in [1.29, 1.82) is 0 Å². The number of rotatable bonds is 3. The second-order valence-corrected chi connectivity index (χ2v) is 9.24. The molecule has 1 fully saturated rings. The Morgan fingerprint density at radius 2 is 2.08 bits per heavy atom. The third-order valence-corrected chi connectivity index (χ3v) is 5.67. The van der Waals surface area contributed by atoms with Gasteiger partial charge in [0.25, 0.3) is 0 Å². The minimum atomic E-state index is -0.436. The van der Waals surface area contributed by atoms with E-state index >= 15 is 0 Å². The summed E-state index contributed by atoms with van der Waals surface area (Å²) in [5, 5.41) is 1.58. The maximum absolute atomic E-state index is 12.1. The summed E-state index contributed by atoms with van der Waals surface area (Å²) in [6.07, 6.45) is 8.09. The average Bonchev–Trinajstić information content (AvgIpc) is 2.91. The smallest absolute Gasteiger partial charge is 0.410 e. The summed E-state index contributed by atoms with van der Waals surface area (Å²) in [6, 6.07) is 0.221. The largest absolute Gasteiger partial charge is 0.494 e. The first-order chi connectivity index (χ1) is 11.8. The van der Waals surface area contributed by atoms with Gasteiger partial charge in [0.05, 0.1) is 22.9 Å². The standard InChI is InChI=1S/C19H28N2O3S/c1-13-20-16-11-15(5-6-17(16)25-13)23-12-14-7-9-21(10-8-14)18(22)24-19(2,3)4/h5-6,11,14,16-17H,7-10,12H2,1-4H3/t16-,17+/m0/s1. The Morgan fingerprint density at radius 1 is 1.36 bits per heavy atom. The Labute approximate surface area is 154 Å². The molecule has 3 aliphatic rings. The van der Waals surface area contributed by atoms with Crippen LogP contribution >= 0.6 is 11.8 Å². The van der Waals surface area contributed by atoms with E-state index in [0.29, 0.717) is 17.8 Å². The van der Waals surface area contributed by atoms with Crippen molar-refractivity contribution < 1.29 is 14.3 Å². The maximum atomic E-state index is 12.1. The van der Waals surface area contributed by atoms with Crippen LogP contribution in [0.25, 0.3) is 0 Å². The summed E-state index contributed by atoms with van der Waals surface area (Å²) < 4.78 is 11.4. The number of piperidine rings is 1. The molecule has 0 saturated carbocycles. The summed E-state index contributed by atoms with van der Waals surface area (Å²) in [5.74, 6) is 1.41. The Hall–Kier alpha value is -1.43. The molecule has 0 aromatic carbocycles. The van der Waals surface area contributed by atoms with Gasteiger partial charge < -0.3 is 14.4 Å². The number of likely N-dealkylation sites (tertiary alicyclic amines) is 1. The summed E-state index contributed by atoms with van der Waals surface area (Å²) in [6.45, 7) is 9.93. The fourth-order valence-electron chi connectivity index (χ4n) is 3.20. The lowest BCUT2D eigenvalue weighted by Crippen LogP contribution is -2.42. The zero-order chi connectivity index (χ0) is 18.0. The monoisotopic (exact) mass is 364 g/mol. The molecule has 25 heavy (non-hydrogen) atoms. The summed E-state index contributed by atoms with van der Waals surface area (Å²) in [7, 11) is 0. The lowest BCUT2D eigenvalue weighted by atomic mass is 9.98. The van der Waals surface area contributed by atoms with Crippen LogP contribution in [0.3, 0.4) is 0 Å². The number of aliphatic imine (C=N–C) groups is 1. The van der Waals surface area contributed by atoms with Crippen LogP contribution in [0.2, 0.25) is 0 Å². The van der Waals surface area contributed by atoms with Crippen molar-refractivity contribution in [3.05, 3.63) is 24.0 Å². The molecule has 0 spiro atoms. The van der Waals surface area contributed by atoms with Gasteiger partial charge in [0.2, 0.25) is 0 Å². The molecule has 0 aromatic rings. The molecule has 5 nitrogen and oxygen atoms in total. The Kier molecular flexibility index (Phi) is 5.46. The summed E-state index contributed by atoms with van der Waals surface area (Å²) in [4.78, 5) is 18.5. The number of thioether (sulfide) groups is 1. The first-order valence-corrected chi connectivity index (χ1v) is 9.90. The average molecular weight is 365 g/mol. The van der Waals surface area contributed by atoms with Crippen LogP contribution in [0.1, 0.15) is 40.5 Å². The van der Waals surface area contributed by atoms with Crippen LogP contribution in [0.4, 0.5) is 4.79 Å². The van der Waals surface area contributed by atoms with E-state index in [1.165, 1.54) is 0 Å². The molecule has 0 aromatic heterocycles. The zero-order valence-corrected chi connectivity index (χ0v) is 16.3. The fourth-order valence-corrected chi connectivity index (χ4v) is 4.21. The van der Waals surface area contributed by atoms with Crippen molar-refractivity contribution in [3.63, 3.8) is 0 Å². The number of carbonyl (C=O) groups excluding carboxylic acids is 1. The molecule has 0 bridgehead atoms.